The van der Waals surface area contributed by atoms with Crippen molar-refractivity contribution in [1.29, 1.82) is 0 Å². The average Bonchev–Trinajstić information content (AvgIpc) is 2.39. The van der Waals surface area contributed by atoms with Crippen LogP contribution < -0.4 is 5.32 Å². The number of hydrogen-bond donors (Lipinski definition) is 2. The van der Waals surface area contributed by atoms with Crippen molar-refractivity contribution in [1.82, 2.24) is 0 Å². The van der Waals surface area contributed by atoms with E-state index in [0.717, 1.165) is 16.7 Å². The molecule has 0 bridgehead atoms. The summed E-state index contributed by atoms with van der Waals surface area (Å²) in [5.41, 5.74) is 3.36. The van der Waals surface area contributed by atoms with Gasteiger partial charge in [-0.1, -0.05) is 36.4 Å². The molecule has 2 N–H and O–H groups in total. The zero-order valence-electron chi connectivity index (χ0n) is 10.3. The summed E-state index contributed by atoms with van der Waals surface area (Å²) in [6, 6.07) is 12.6. The third kappa shape index (κ3) is 2.87. The number of aliphatic hydroxyl groups is 1. The highest BCUT2D eigenvalue weighted by atomic mass is 19.1. The molecule has 2 nitrogen and oxygen atoms in total. The minimum atomic E-state index is -0.234. The second-order valence-corrected chi connectivity index (χ2v) is 4.26. The van der Waals surface area contributed by atoms with Gasteiger partial charge in [-0.3, -0.25) is 0 Å². The van der Waals surface area contributed by atoms with Gasteiger partial charge in [-0.05, 0) is 29.7 Å². The number of hydrogen-bond acceptors (Lipinski definition) is 2. The molecule has 2 aromatic rings. The summed E-state index contributed by atoms with van der Waals surface area (Å²) in [7, 11) is 0. The maximum atomic E-state index is 13.6. The van der Waals surface area contributed by atoms with Crippen LogP contribution in [0.1, 0.15) is 16.7 Å². The van der Waals surface area contributed by atoms with Gasteiger partial charge in [0.2, 0.25) is 0 Å². The largest absolute Gasteiger partial charge is 0.392 e. The van der Waals surface area contributed by atoms with Gasteiger partial charge in [0.15, 0.2) is 0 Å². The molecular weight excluding hydrogens is 229 g/mol. The number of halogens is 1. The Labute approximate surface area is 106 Å². The van der Waals surface area contributed by atoms with E-state index < -0.39 is 0 Å². The normalized spacial score (nSPS) is 10.4. The lowest BCUT2D eigenvalue weighted by atomic mass is 10.1. The fourth-order valence-corrected chi connectivity index (χ4v) is 1.81. The number of anilines is 1. The highest BCUT2D eigenvalue weighted by Crippen LogP contribution is 2.19. The van der Waals surface area contributed by atoms with Gasteiger partial charge in [-0.2, -0.15) is 0 Å². The van der Waals surface area contributed by atoms with Crippen LogP contribution in [-0.4, -0.2) is 5.11 Å². The first-order chi connectivity index (χ1) is 8.70. The van der Waals surface area contributed by atoms with E-state index in [4.69, 9.17) is 5.11 Å². The van der Waals surface area contributed by atoms with Gasteiger partial charge in [-0.25, -0.2) is 4.39 Å². The van der Waals surface area contributed by atoms with E-state index in [9.17, 15) is 4.39 Å². The third-order valence-electron chi connectivity index (χ3n) is 2.90. The lowest BCUT2D eigenvalue weighted by Crippen LogP contribution is -2.03. The van der Waals surface area contributed by atoms with Crippen molar-refractivity contribution in [2.45, 2.75) is 20.1 Å². The van der Waals surface area contributed by atoms with Gasteiger partial charge < -0.3 is 10.4 Å². The van der Waals surface area contributed by atoms with Crippen molar-refractivity contribution >= 4 is 5.69 Å². The maximum absolute atomic E-state index is 13.6. The zero-order chi connectivity index (χ0) is 13.0. The van der Waals surface area contributed by atoms with Crippen molar-refractivity contribution in [3.63, 3.8) is 0 Å². The summed E-state index contributed by atoms with van der Waals surface area (Å²) in [6.07, 6.45) is 0. The van der Waals surface area contributed by atoms with Gasteiger partial charge in [-0.15, -0.1) is 0 Å². The maximum Gasteiger partial charge on any atom is 0.146 e. The van der Waals surface area contributed by atoms with Crippen molar-refractivity contribution < 1.29 is 9.50 Å². The molecule has 0 unspecified atom stereocenters. The fraction of sp³-hybridized carbons (Fsp3) is 0.200. The van der Waals surface area contributed by atoms with Crippen LogP contribution in [0.2, 0.25) is 0 Å². The number of nitrogens with one attached hydrogen (secondary N) is 1. The van der Waals surface area contributed by atoms with Crippen LogP contribution in [0, 0.1) is 12.7 Å². The Kier molecular flexibility index (Phi) is 3.95. The highest BCUT2D eigenvalue weighted by Gasteiger charge is 2.04. The van der Waals surface area contributed by atoms with E-state index in [2.05, 4.69) is 5.32 Å². The van der Waals surface area contributed by atoms with Crippen molar-refractivity contribution in [3.8, 4) is 0 Å². The SMILES string of the molecule is Cc1cccc(F)c1NCc1ccc(CO)cc1. The molecule has 0 atom stereocenters. The Morgan fingerprint density at radius 3 is 2.33 bits per heavy atom. The van der Waals surface area contributed by atoms with E-state index in [1.165, 1.54) is 6.07 Å². The number of rotatable bonds is 4. The van der Waals surface area contributed by atoms with Crippen LogP contribution in [0.25, 0.3) is 0 Å². The quantitative estimate of drug-likeness (QED) is 0.866. The monoisotopic (exact) mass is 245 g/mol. The molecular formula is C15H16FNO. The van der Waals surface area contributed by atoms with Crippen LogP contribution in [0.5, 0.6) is 0 Å². The standard InChI is InChI=1S/C15H16FNO/c1-11-3-2-4-14(16)15(11)17-9-12-5-7-13(10-18)8-6-12/h2-8,17-18H,9-10H2,1H3. The molecule has 2 rings (SSSR count). The van der Waals surface area contributed by atoms with Crippen LogP contribution in [0.3, 0.4) is 0 Å². The molecule has 0 aliphatic carbocycles. The van der Waals surface area contributed by atoms with Gasteiger partial charge in [0.25, 0.3) is 0 Å². The Bertz CT molecular complexity index is 502. The number of benzene rings is 2. The lowest BCUT2D eigenvalue weighted by Gasteiger charge is -2.10. The lowest BCUT2D eigenvalue weighted by molar-refractivity contribution is 0.282. The van der Waals surface area contributed by atoms with Crippen LogP contribution in [0.15, 0.2) is 42.5 Å². The summed E-state index contributed by atoms with van der Waals surface area (Å²) in [5.74, 6) is -0.234. The molecule has 0 aliphatic rings. The Morgan fingerprint density at radius 2 is 1.72 bits per heavy atom. The van der Waals surface area contributed by atoms with E-state index in [-0.39, 0.29) is 12.4 Å². The van der Waals surface area contributed by atoms with Gasteiger partial charge >= 0.3 is 0 Å². The Morgan fingerprint density at radius 1 is 1.06 bits per heavy atom. The predicted octanol–water partition coefficient (Wildman–Crippen LogP) is 3.24. The summed E-state index contributed by atoms with van der Waals surface area (Å²) < 4.78 is 13.6. The summed E-state index contributed by atoms with van der Waals surface area (Å²) in [5, 5.41) is 12.0. The number of aliphatic hydroxyl groups excluding tert-OH is 1. The number of para-hydroxylation sites is 1. The van der Waals surface area contributed by atoms with E-state index >= 15 is 0 Å². The average molecular weight is 245 g/mol. The van der Waals surface area contributed by atoms with E-state index in [1.54, 1.807) is 6.07 Å². The first-order valence-corrected chi connectivity index (χ1v) is 5.88. The predicted molar refractivity (Wildman–Crippen MR) is 70.8 cm³/mol. The summed E-state index contributed by atoms with van der Waals surface area (Å²) >= 11 is 0. The van der Waals surface area contributed by atoms with Crippen molar-refractivity contribution in [2.24, 2.45) is 0 Å². The minimum absolute atomic E-state index is 0.0418. The molecule has 18 heavy (non-hydrogen) atoms. The van der Waals surface area contributed by atoms with E-state index in [0.29, 0.717) is 12.2 Å². The molecule has 0 aliphatic heterocycles. The van der Waals surface area contributed by atoms with Gasteiger partial charge in [0.1, 0.15) is 5.82 Å². The highest BCUT2D eigenvalue weighted by molar-refractivity contribution is 5.52. The van der Waals surface area contributed by atoms with Crippen molar-refractivity contribution in [2.75, 3.05) is 5.32 Å². The second-order valence-electron chi connectivity index (χ2n) is 4.26. The molecule has 3 heteroatoms. The summed E-state index contributed by atoms with van der Waals surface area (Å²) in [6.45, 7) is 2.48. The topological polar surface area (TPSA) is 32.3 Å². The minimum Gasteiger partial charge on any atom is -0.392 e. The smallest absolute Gasteiger partial charge is 0.146 e. The summed E-state index contributed by atoms with van der Waals surface area (Å²) in [4.78, 5) is 0. The molecule has 0 aromatic heterocycles. The molecule has 94 valence electrons. The number of aryl methyl sites for hydroxylation is 1. The Balaban J connectivity index is 2.06. The van der Waals surface area contributed by atoms with Crippen molar-refractivity contribution in [3.05, 3.63) is 65.0 Å². The zero-order valence-corrected chi connectivity index (χ0v) is 10.3. The van der Waals surface area contributed by atoms with Gasteiger partial charge in [0, 0.05) is 6.54 Å². The van der Waals surface area contributed by atoms with Gasteiger partial charge in [0.05, 0.1) is 12.3 Å². The fourth-order valence-electron chi connectivity index (χ4n) is 1.81. The first-order valence-electron chi connectivity index (χ1n) is 5.88. The molecule has 0 heterocycles. The Hall–Kier alpha value is -1.87. The first kappa shape index (κ1) is 12.6. The molecule has 0 saturated carbocycles. The van der Waals surface area contributed by atoms with Crippen LogP contribution >= 0.6 is 0 Å². The molecule has 0 saturated heterocycles. The molecule has 0 amide bonds. The molecule has 0 fully saturated rings. The molecule has 2 aromatic carbocycles. The third-order valence-corrected chi connectivity index (χ3v) is 2.90. The van der Waals surface area contributed by atoms with Crippen LogP contribution in [0.4, 0.5) is 10.1 Å². The molecule has 0 spiro atoms. The van der Waals surface area contributed by atoms with E-state index in [1.807, 2.05) is 37.3 Å². The van der Waals surface area contributed by atoms with Crippen LogP contribution in [-0.2, 0) is 13.2 Å². The molecule has 0 radical (unpaired) electrons. The second kappa shape index (κ2) is 5.65.